The monoisotopic (exact) mass is 296 g/mol. The van der Waals surface area contributed by atoms with Gasteiger partial charge in [0.1, 0.15) is 5.82 Å². The van der Waals surface area contributed by atoms with E-state index in [1.807, 2.05) is 36.4 Å². The van der Waals surface area contributed by atoms with Gasteiger partial charge in [0, 0.05) is 10.9 Å². The molecule has 100 valence electrons. The molecule has 0 spiro atoms. The molecule has 0 radical (unpaired) electrons. The smallest absolute Gasteiger partial charge is 0.126 e. The van der Waals surface area contributed by atoms with Gasteiger partial charge in [0.25, 0.3) is 0 Å². The molecule has 2 aromatic carbocycles. The molecule has 1 unspecified atom stereocenters. The minimum Gasteiger partial charge on any atom is -0.207 e. The maximum atomic E-state index is 13.6. The topological polar surface area (TPSA) is 0 Å². The molecule has 0 aliphatic heterocycles. The van der Waals surface area contributed by atoms with E-state index in [0.717, 1.165) is 17.0 Å². The van der Waals surface area contributed by atoms with Crippen molar-refractivity contribution in [2.75, 3.05) is 5.88 Å². The van der Waals surface area contributed by atoms with E-state index in [4.69, 9.17) is 23.2 Å². The van der Waals surface area contributed by atoms with Gasteiger partial charge in [-0.05, 0) is 42.0 Å². The lowest BCUT2D eigenvalue weighted by Crippen LogP contribution is -2.11. The Balaban J connectivity index is 2.09. The van der Waals surface area contributed by atoms with Crippen molar-refractivity contribution in [2.45, 2.75) is 12.8 Å². The van der Waals surface area contributed by atoms with Crippen molar-refractivity contribution in [3.63, 3.8) is 0 Å². The molecule has 2 rings (SSSR count). The van der Waals surface area contributed by atoms with E-state index < -0.39 is 0 Å². The highest BCUT2D eigenvalue weighted by Crippen LogP contribution is 2.22. The fourth-order valence-electron chi connectivity index (χ4n) is 2.13. The molecule has 1 atom stereocenters. The van der Waals surface area contributed by atoms with Crippen LogP contribution in [0.4, 0.5) is 4.39 Å². The quantitative estimate of drug-likeness (QED) is 0.672. The van der Waals surface area contributed by atoms with Gasteiger partial charge in [0.05, 0.1) is 0 Å². The minimum absolute atomic E-state index is 0.170. The van der Waals surface area contributed by atoms with E-state index in [-0.39, 0.29) is 11.7 Å². The van der Waals surface area contributed by atoms with Crippen molar-refractivity contribution in [3.05, 3.63) is 70.5 Å². The summed E-state index contributed by atoms with van der Waals surface area (Å²) in [5.74, 6) is 0.495. The van der Waals surface area contributed by atoms with Crippen LogP contribution in [0.25, 0.3) is 0 Å². The van der Waals surface area contributed by atoms with Gasteiger partial charge in [0.2, 0.25) is 0 Å². The molecule has 0 aromatic heterocycles. The first kappa shape index (κ1) is 14.4. The molecular weight excluding hydrogens is 282 g/mol. The van der Waals surface area contributed by atoms with Crippen LogP contribution in [0.3, 0.4) is 0 Å². The first-order valence-electron chi connectivity index (χ1n) is 6.23. The van der Waals surface area contributed by atoms with Gasteiger partial charge in [-0.15, -0.1) is 11.6 Å². The average molecular weight is 297 g/mol. The summed E-state index contributed by atoms with van der Waals surface area (Å²) in [6.07, 6.45) is 1.39. The van der Waals surface area contributed by atoms with Crippen molar-refractivity contribution in [3.8, 4) is 0 Å². The number of hydrogen-bond donors (Lipinski definition) is 0. The molecule has 0 amide bonds. The second kappa shape index (κ2) is 6.93. The summed E-state index contributed by atoms with van der Waals surface area (Å²) >= 11 is 12.1. The summed E-state index contributed by atoms with van der Waals surface area (Å²) < 4.78 is 13.6. The summed E-state index contributed by atoms with van der Waals surface area (Å²) in [5, 5.41) is 0.742. The number of hydrogen-bond acceptors (Lipinski definition) is 0. The molecule has 3 heteroatoms. The number of alkyl halides is 1. The lowest BCUT2D eigenvalue weighted by Gasteiger charge is -2.15. The summed E-state index contributed by atoms with van der Waals surface area (Å²) in [6.45, 7) is 0. The molecular formula is C16H15Cl2F. The number of halogens is 3. The molecule has 0 saturated heterocycles. The SMILES string of the molecule is Fc1ccccc1CC(CCl)Cc1ccccc1Cl. The number of rotatable bonds is 5. The van der Waals surface area contributed by atoms with E-state index in [1.54, 1.807) is 6.07 Å². The summed E-state index contributed by atoms with van der Waals surface area (Å²) in [7, 11) is 0. The molecule has 0 heterocycles. The van der Waals surface area contributed by atoms with Crippen molar-refractivity contribution >= 4 is 23.2 Å². The maximum Gasteiger partial charge on any atom is 0.126 e. The maximum absolute atomic E-state index is 13.6. The Morgan fingerprint density at radius 3 is 2.11 bits per heavy atom. The second-order valence-corrected chi connectivity index (χ2v) is 5.33. The fourth-order valence-corrected chi connectivity index (χ4v) is 2.56. The fraction of sp³-hybridized carbons (Fsp3) is 0.250. The zero-order valence-electron chi connectivity index (χ0n) is 10.5. The Hall–Kier alpha value is -1.05. The Morgan fingerprint density at radius 2 is 1.47 bits per heavy atom. The van der Waals surface area contributed by atoms with Crippen LogP contribution < -0.4 is 0 Å². The molecule has 0 fully saturated rings. The van der Waals surface area contributed by atoms with Gasteiger partial charge in [-0.2, -0.15) is 0 Å². The van der Waals surface area contributed by atoms with Crippen LogP contribution in [0, 0.1) is 11.7 Å². The molecule has 0 N–H and O–H groups in total. The van der Waals surface area contributed by atoms with Gasteiger partial charge in [-0.1, -0.05) is 48.0 Å². The van der Waals surface area contributed by atoms with Gasteiger partial charge < -0.3 is 0 Å². The molecule has 0 aliphatic rings. The van der Waals surface area contributed by atoms with Crippen LogP contribution in [0.15, 0.2) is 48.5 Å². The van der Waals surface area contributed by atoms with E-state index in [1.165, 1.54) is 6.07 Å². The zero-order chi connectivity index (χ0) is 13.7. The lowest BCUT2D eigenvalue weighted by molar-refractivity contribution is 0.546. The highest BCUT2D eigenvalue weighted by molar-refractivity contribution is 6.31. The highest BCUT2D eigenvalue weighted by Gasteiger charge is 2.13. The van der Waals surface area contributed by atoms with E-state index >= 15 is 0 Å². The molecule has 19 heavy (non-hydrogen) atoms. The predicted octanol–water partition coefficient (Wildman–Crippen LogP) is 5.12. The standard InChI is InChI=1S/C16H15Cl2F/c17-11-12(9-13-5-1-3-7-15(13)18)10-14-6-2-4-8-16(14)19/h1-8,12H,9-11H2. The first-order chi connectivity index (χ1) is 9.20. The average Bonchev–Trinajstić information content (AvgIpc) is 2.42. The third kappa shape index (κ3) is 3.95. The molecule has 0 nitrogen and oxygen atoms in total. The van der Waals surface area contributed by atoms with Crippen LogP contribution >= 0.6 is 23.2 Å². The number of benzene rings is 2. The largest absolute Gasteiger partial charge is 0.207 e. The van der Waals surface area contributed by atoms with Crippen molar-refractivity contribution in [1.29, 1.82) is 0 Å². The molecule has 0 saturated carbocycles. The van der Waals surface area contributed by atoms with E-state index in [9.17, 15) is 4.39 Å². The normalized spacial score (nSPS) is 12.4. The van der Waals surface area contributed by atoms with Gasteiger partial charge in [-0.25, -0.2) is 4.39 Å². The van der Waals surface area contributed by atoms with Gasteiger partial charge in [-0.3, -0.25) is 0 Å². The van der Waals surface area contributed by atoms with Crippen LogP contribution in [-0.2, 0) is 12.8 Å². The van der Waals surface area contributed by atoms with Crippen molar-refractivity contribution in [2.24, 2.45) is 5.92 Å². The summed E-state index contributed by atoms with van der Waals surface area (Å²) in [4.78, 5) is 0. The molecule has 0 aliphatic carbocycles. The molecule has 2 aromatic rings. The molecule has 0 bridgehead atoms. The van der Waals surface area contributed by atoms with Crippen molar-refractivity contribution < 1.29 is 4.39 Å². The Kier molecular flexibility index (Phi) is 5.24. The third-order valence-electron chi connectivity index (χ3n) is 3.15. The van der Waals surface area contributed by atoms with E-state index in [2.05, 4.69) is 0 Å². The lowest BCUT2D eigenvalue weighted by atomic mass is 9.94. The van der Waals surface area contributed by atoms with Crippen molar-refractivity contribution in [1.82, 2.24) is 0 Å². The Bertz CT molecular complexity index is 492. The van der Waals surface area contributed by atoms with E-state index in [0.29, 0.717) is 17.9 Å². The minimum atomic E-state index is -0.170. The zero-order valence-corrected chi connectivity index (χ0v) is 12.0. The third-order valence-corrected chi connectivity index (χ3v) is 3.96. The van der Waals surface area contributed by atoms with Crippen LogP contribution in [-0.4, -0.2) is 5.88 Å². The van der Waals surface area contributed by atoms with Gasteiger partial charge in [0.15, 0.2) is 0 Å². The predicted molar refractivity (Wildman–Crippen MR) is 79.5 cm³/mol. The van der Waals surface area contributed by atoms with Crippen LogP contribution in [0.2, 0.25) is 5.02 Å². The Morgan fingerprint density at radius 1 is 0.895 bits per heavy atom. The first-order valence-corrected chi connectivity index (χ1v) is 7.14. The summed E-state index contributed by atoms with van der Waals surface area (Å²) in [6, 6.07) is 14.5. The second-order valence-electron chi connectivity index (χ2n) is 4.61. The van der Waals surface area contributed by atoms with Crippen LogP contribution in [0.1, 0.15) is 11.1 Å². The Labute approximate surface area is 123 Å². The van der Waals surface area contributed by atoms with Gasteiger partial charge >= 0.3 is 0 Å². The highest BCUT2D eigenvalue weighted by atomic mass is 35.5. The van der Waals surface area contributed by atoms with Crippen LogP contribution in [0.5, 0.6) is 0 Å². The summed E-state index contributed by atoms with van der Waals surface area (Å²) in [5.41, 5.74) is 1.77.